The molecule has 0 aliphatic carbocycles. The quantitative estimate of drug-likeness (QED) is 0.628. The zero-order chi connectivity index (χ0) is 15.3. The van der Waals surface area contributed by atoms with Crippen molar-refractivity contribution in [3.05, 3.63) is 82.4 Å². The highest BCUT2D eigenvalue weighted by atomic mass is 32.2. The monoisotopic (exact) mass is 303 g/mol. The van der Waals surface area contributed by atoms with E-state index < -0.39 is 20.1 Å². The Hall–Kier alpha value is -2.47. The normalized spacial score (nSPS) is 13.1. The van der Waals surface area contributed by atoms with Crippen LogP contribution < -0.4 is 0 Å². The first-order valence-electron chi connectivity index (χ1n) is 6.17. The average Bonchev–Trinajstić information content (AvgIpc) is 2.49. The van der Waals surface area contributed by atoms with Crippen molar-refractivity contribution >= 4 is 15.9 Å². The van der Waals surface area contributed by atoms with Gasteiger partial charge in [-0.1, -0.05) is 54.6 Å². The van der Waals surface area contributed by atoms with Crippen LogP contribution in [0.25, 0.3) is 6.08 Å². The lowest BCUT2D eigenvalue weighted by Crippen LogP contribution is -2.27. The summed E-state index contributed by atoms with van der Waals surface area (Å²) >= 11 is 0. The molecule has 0 bridgehead atoms. The number of benzene rings is 2. The molecule has 1 atom stereocenters. The minimum Gasteiger partial charge on any atom is -0.263 e. The molecule has 0 N–H and O–H groups in total. The number of hydrogen-bond acceptors (Lipinski definition) is 4. The summed E-state index contributed by atoms with van der Waals surface area (Å²) in [6.45, 7) is 0. The Kier molecular flexibility index (Phi) is 4.49. The highest BCUT2D eigenvalue weighted by molar-refractivity contribution is 7.92. The third-order valence-electron chi connectivity index (χ3n) is 2.85. The smallest absolute Gasteiger partial charge is 0.263 e. The molecular weight excluding hydrogens is 290 g/mol. The minimum absolute atomic E-state index is 0.0654. The average molecular weight is 303 g/mol. The fourth-order valence-electron chi connectivity index (χ4n) is 1.79. The largest absolute Gasteiger partial charge is 0.333 e. The van der Waals surface area contributed by atoms with Crippen LogP contribution in [0.15, 0.2) is 71.6 Å². The molecule has 0 fully saturated rings. The molecule has 6 heteroatoms. The Balaban J connectivity index is 2.36. The second-order valence-corrected chi connectivity index (χ2v) is 6.35. The van der Waals surface area contributed by atoms with E-state index in [1.165, 1.54) is 30.3 Å². The van der Waals surface area contributed by atoms with Crippen LogP contribution >= 0.6 is 0 Å². The van der Waals surface area contributed by atoms with Gasteiger partial charge in [0.2, 0.25) is 0 Å². The van der Waals surface area contributed by atoms with Crippen LogP contribution in [0.2, 0.25) is 0 Å². The Morgan fingerprint density at radius 1 is 0.952 bits per heavy atom. The number of nitro groups is 1. The van der Waals surface area contributed by atoms with Crippen LogP contribution in [0.5, 0.6) is 0 Å². The van der Waals surface area contributed by atoms with Gasteiger partial charge in [0.05, 0.1) is 4.90 Å². The van der Waals surface area contributed by atoms with Gasteiger partial charge in [0.25, 0.3) is 9.84 Å². The molecule has 0 saturated carbocycles. The van der Waals surface area contributed by atoms with Crippen molar-refractivity contribution in [3.63, 3.8) is 0 Å². The number of sulfone groups is 1. The van der Waals surface area contributed by atoms with E-state index in [9.17, 15) is 18.5 Å². The minimum atomic E-state index is -4.06. The van der Waals surface area contributed by atoms with E-state index in [2.05, 4.69) is 0 Å². The van der Waals surface area contributed by atoms with Crippen molar-refractivity contribution in [2.75, 3.05) is 0 Å². The summed E-state index contributed by atoms with van der Waals surface area (Å²) in [5.74, 6) is 0. The van der Waals surface area contributed by atoms with Gasteiger partial charge in [0.15, 0.2) is 0 Å². The Labute approximate surface area is 122 Å². The van der Waals surface area contributed by atoms with Gasteiger partial charge in [-0.2, -0.15) is 0 Å². The van der Waals surface area contributed by atoms with Crippen molar-refractivity contribution in [2.45, 2.75) is 10.3 Å². The van der Waals surface area contributed by atoms with E-state index in [4.69, 9.17) is 0 Å². The molecular formula is C15H13NO4S. The van der Waals surface area contributed by atoms with Crippen molar-refractivity contribution in [2.24, 2.45) is 0 Å². The SMILES string of the molecule is O=[N+]([O-])C(/C=C/c1ccccc1)S(=O)(=O)c1ccccc1. The van der Waals surface area contributed by atoms with Gasteiger partial charge in [-0.3, -0.25) is 10.1 Å². The Morgan fingerprint density at radius 3 is 2.00 bits per heavy atom. The van der Waals surface area contributed by atoms with E-state index in [1.54, 1.807) is 30.3 Å². The summed E-state index contributed by atoms with van der Waals surface area (Å²) in [7, 11) is -4.06. The second-order valence-electron chi connectivity index (χ2n) is 4.30. The van der Waals surface area contributed by atoms with Crippen LogP contribution in [0.1, 0.15) is 5.56 Å². The molecule has 0 amide bonds. The maximum atomic E-state index is 12.3. The van der Waals surface area contributed by atoms with Crippen LogP contribution in [0, 0.1) is 10.1 Å². The van der Waals surface area contributed by atoms with Crippen LogP contribution in [0.3, 0.4) is 0 Å². The molecule has 2 aromatic rings. The summed E-state index contributed by atoms with van der Waals surface area (Å²) < 4.78 is 24.6. The van der Waals surface area contributed by atoms with E-state index in [0.717, 1.165) is 6.08 Å². The fraction of sp³-hybridized carbons (Fsp3) is 0.0667. The van der Waals surface area contributed by atoms with Crippen LogP contribution in [0.4, 0.5) is 0 Å². The lowest BCUT2D eigenvalue weighted by atomic mass is 10.2. The third kappa shape index (κ3) is 3.55. The predicted molar refractivity (Wildman–Crippen MR) is 79.9 cm³/mol. The van der Waals surface area contributed by atoms with Gasteiger partial charge in [-0.15, -0.1) is 0 Å². The first-order chi connectivity index (χ1) is 10.0. The molecule has 2 rings (SSSR count). The second kappa shape index (κ2) is 6.32. The van der Waals surface area contributed by atoms with Crippen molar-refractivity contribution < 1.29 is 13.3 Å². The van der Waals surface area contributed by atoms with Gasteiger partial charge in [-0.05, 0) is 17.7 Å². The molecule has 1 unspecified atom stereocenters. The number of nitrogens with zero attached hydrogens (tertiary/aromatic N) is 1. The standard InChI is InChI=1S/C15H13NO4S/c17-16(18)15(12-11-13-7-3-1-4-8-13)21(19,20)14-9-5-2-6-10-14/h1-12,15H/b12-11+. The zero-order valence-corrected chi connectivity index (χ0v) is 11.8. The molecule has 0 spiro atoms. The highest BCUT2D eigenvalue weighted by Gasteiger charge is 2.34. The molecule has 108 valence electrons. The molecule has 2 aromatic carbocycles. The van der Waals surface area contributed by atoms with Crippen LogP contribution in [-0.4, -0.2) is 18.7 Å². The molecule has 0 heterocycles. The van der Waals surface area contributed by atoms with Gasteiger partial charge in [0, 0.05) is 11.0 Å². The Morgan fingerprint density at radius 2 is 1.48 bits per heavy atom. The molecule has 5 nitrogen and oxygen atoms in total. The fourth-order valence-corrected chi connectivity index (χ4v) is 3.12. The molecule has 0 aromatic heterocycles. The predicted octanol–water partition coefficient (Wildman–Crippen LogP) is 2.78. The molecule has 0 radical (unpaired) electrons. The van der Waals surface area contributed by atoms with Gasteiger partial charge < -0.3 is 0 Å². The van der Waals surface area contributed by atoms with Gasteiger partial charge in [0.1, 0.15) is 0 Å². The summed E-state index contributed by atoms with van der Waals surface area (Å²) in [5.41, 5.74) is 0.701. The highest BCUT2D eigenvalue weighted by Crippen LogP contribution is 2.18. The molecule has 0 aliphatic rings. The first-order valence-corrected chi connectivity index (χ1v) is 7.72. The summed E-state index contributed by atoms with van der Waals surface area (Å²) in [4.78, 5) is 10.2. The topological polar surface area (TPSA) is 77.3 Å². The first kappa shape index (κ1) is 14.9. The lowest BCUT2D eigenvalue weighted by molar-refractivity contribution is -0.485. The van der Waals surface area contributed by atoms with E-state index in [0.29, 0.717) is 5.56 Å². The summed E-state index contributed by atoms with van der Waals surface area (Å²) in [5, 5.41) is 9.31. The Bertz CT molecular complexity index is 740. The van der Waals surface area contributed by atoms with Crippen LogP contribution in [-0.2, 0) is 9.84 Å². The molecule has 21 heavy (non-hydrogen) atoms. The zero-order valence-electron chi connectivity index (χ0n) is 11.0. The van der Waals surface area contributed by atoms with Gasteiger partial charge >= 0.3 is 5.37 Å². The van der Waals surface area contributed by atoms with Crippen molar-refractivity contribution in [3.8, 4) is 0 Å². The van der Waals surface area contributed by atoms with E-state index in [-0.39, 0.29) is 4.90 Å². The lowest BCUT2D eigenvalue weighted by Gasteiger charge is -2.07. The number of rotatable bonds is 5. The molecule has 0 aliphatic heterocycles. The third-order valence-corrected chi connectivity index (χ3v) is 4.74. The maximum absolute atomic E-state index is 12.3. The maximum Gasteiger partial charge on any atom is 0.333 e. The van der Waals surface area contributed by atoms with E-state index >= 15 is 0 Å². The number of hydrogen-bond donors (Lipinski definition) is 0. The molecule has 0 saturated heterocycles. The summed E-state index contributed by atoms with van der Waals surface area (Å²) in [6, 6.07) is 16.2. The van der Waals surface area contributed by atoms with Gasteiger partial charge in [-0.25, -0.2) is 8.42 Å². The van der Waals surface area contributed by atoms with Crippen molar-refractivity contribution in [1.82, 2.24) is 0 Å². The van der Waals surface area contributed by atoms with E-state index in [1.807, 2.05) is 6.07 Å². The summed E-state index contributed by atoms with van der Waals surface area (Å²) in [6.07, 6.45) is 2.53. The van der Waals surface area contributed by atoms with Crippen molar-refractivity contribution in [1.29, 1.82) is 0 Å².